The summed E-state index contributed by atoms with van der Waals surface area (Å²) in [6.45, 7) is 0. The van der Waals surface area contributed by atoms with Crippen LogP contribution in [0, 0.1) is 5.82 Å². The summed E-state index contributed by atoms with van der Waals surface area (Å²) in [5, 5.41) is 3.46. The standard InChI is InChI=1S/C9H6ClFN2O2S/c10-16(14,15)9-5-6-12-13(9)8-4-2-1-3-7(8)11/h1-6H. The zero-order chi connectivity index (χ0) is 11.8. The Balaban J connectivity index is 2.68. The number of rotatable bonds is 2. The van der Waals surface area contributed by atoms with E-state index < -0.39 is 14.9 Å². The van der Waals surface area contributed by atoms with Crippen LogP contribution in [0.15, 0.2) is 41.6 Å². The molecule has 0 fully saturated rings. The molecule has 1 heterocycles. The average molecular weight is 261 g/mol. The molecule has 7 heteroatoms. The third-order valence-electron chi connectivity index (χ3n) is 1.94. The van der Waals surface area contributed by atoms with E-state index in [0.717, 1.165) is 4.68 Å². The molecule has 0 spiro atoms. The molecule has 0 bridgehead atoms. The molecule has 0 unspecified atom stereocenters. The van der Waals surface area contributed by atoms with E-state index in [4.69, 9.17) is 10.7 Å². The van der Waals surface area contributed by atoms with Gasteiger partial charge < -0.3 is 0 Å². The summed E-state index contributed by atoms with van der Waals surface area (Å²) in [4.78, 5) is 0. The second-order valence-electron chi connectivity index (χ2n) is 2.97. The van der Waals surface area contributed by atoms with Crippen LogP contribution >= 0.6 is 10.7 Å². The van der Waals surface area contributed by atoms with Crippen molar-refractivity contribution in [3.05, 3.63) is 42.3 Å². The zero-order valence-electron chi connectivity index (χ0n) is 7.84. The minimum atomic E-state index is -3.95. The van der Waals surface area contributed by atoms with Gasteiger partial charge in [-0.3, -0.25) is 0 Å². The Morgan fingerprint density at radius 2 is 1.94 bits per heavy atom. The highest BCUT2D eigenvalue weighted by atomic mass is 35.7. The zero-order valence-corrected chi connectivity index (χ0v) is 9.41. The lowest BCUT2D eigenvalue weighted by Crippen LogP contribution is -2.06. The fraction of sp³-hybridized carbons (Fsp3) is 0. The molecular formula is C9H6ClFN2O2S. The SMILES string of the molecule is O=S(=O)(Cl)c1ccnn1-c1ccccc1F. The van der Waals surface area contributed by atoms with Crippen LogP contribution in [-0.4, -0.2) is 18.2 Å². The van der Waals surface area contributed by atoms with Gasteiger partial charge in [0.05, 0.1) is 6.20 Å². The van der Waals surface area contributed by atoms with Crippen LogP contribution in [0.3, 0.4) is 0 Å². The van der Waals surface area contributed by atoms with Gasteiger partial charge in [0, 0.05) is 10.7 Å². The van der Waals surface area contributed by atoms with E-state index in [0.29, 0.717) is 0 Å². The molecule has 0 radical (unpaired) electrons. The summed E-state index contributed by atoms with van der Waals surface area (Å²) in [5.74, 6) is -0.576. The van der Waals surface area contributed by atoms with Gasteiger partial charge in [0.25, 0.3) is 9.05 Å². The van der Waals surface area contributed by atoms with E-state index in [1.54, 1.807) is 6.07 Å². The summed E-state index contributed by atoms with van der Waals surface area (Å²) in [6, 6.07) is 6.90. The molecule has 0 saturated heterocycles. The van der Waals surface area contributed by atoms with Gasteiger partial charge in [-0.15, -0.1) is 0 Å². The molecule has 84 valence electrons. The molecule has 0 N–H and O–H groups in total. The lowest BCUT2D eigenvalue weighted by molar-refractivity contribution is 0.586. The first kappa shape index (κ1) is 11.1. The Bertz CT molecular complexity index is 624. The molecule has 1 aromatic heterocycles. The Kier molecular flexibility index (Phi) is 2.69. The first-order chi connectivity index (χ1) is 7.50. The predicted molar refractivity (Wildman–Crippen MR) is 56.6 cm³/mol. The Morgan fingerprint density at radius 3 is 2.56 bits per heavy atom. The molecule has 1 aromatic carbocycles. The van der Waals surface area contributed by atoms with Gasteiger partial charge in [0.15, 0.2) is 5.03 Å². The Morgan fingerprint density at radius 1 is 1.25 bits per heavy atom. The molecule has 0 aliphatic carbocycles. The smallest absolute Gasteiger partial charge is 0.218 e. The number of hydrogen-bond donors (Lipinski definition) is 0. The number of nitrogens with zero attached hydrogens (tertiary/aromatic N) is 2. The van der Waals surface area contributed by atoms with Crippen molar-refractivity contribution in [1.82, 2.24) is 9.78 Å². The van der Waals surface area contributed by atoms with Gasteiger partial charge in [-0.05, 0) is 18.2 Å². The van der Waals surface area contributed by atoms with E-state index in [2.05, 4.69) is 5.10 Å². The van der Waals surface area contributed by atoms with Crippen LogP contribution in [0.2, 0.25) is 0 Å². The van der Waals surface area contributed by atoms with E-state index in [-0.39, 0.29) is 10.7 Å². The van der Waals surface area contributed by atoms with Gasteiger partial charge in [0.2, 0.25) is 0 Å². The maximum Gasteiger partial charge on any atom is 0.278 e. The van der Waals surface area contributed by atoms with Crippen molar-refractivity contribution in [3.8, 4) is 5.69 Å². The van der Waals surface area contributed by atoms with Crippen LogP contribution in [0.1, 0.15) is 0 Å². The number of aromatic nitrogens is 2. The van der Waals surface area contributed by atoms with Gasteiger partial charge >= 0.3 is 0 Å². The summed E-state index contributed by atoms with van der Waals surface area (Å²) in [5.41, 5.74) is 0.0340. The highest BCUT2D eigenvalue weighted by Crippen LogP contribution is 2.20. The molecule has 0 aliphatic heterocycles. The summed E-state index contributed by atoms with van der Waals surface area (Å²) < 4.78 is 36.7. The fourth-order valence-electron chi connectivity index (χ4n) is 1.28. The lowest BCUT2D eigenvalue weighted by atomic mass is 10.3. The maximum absolute atomic E-state index is 13.4. The van der Waals surface area contributed by atoms with E-state index >= 15 is 0 Å². The van der Waals surface area contributed by atoms with E-state index in [1.807, 2.05) is 0 Å². The third kappa shape index (κ3) is 1.94. The minimum absolute atomic E-state index is 0.0340. The molecule has 16 heavy (non-hydrogen) atoms. The second kappa shape index (κ2) is 3.88. The molecule has 0 saturated carbocycles. The molecule has 0 aliphatic rings. The quantitative estimate of drug-likeness (QED) is 0.776. The Labute approximate surface area is 95.7 Å². The van der Waals surface area contributed by atoms with Crippen molar-refractivity contribution in [2.45, 2.75) is 5.03 Å². The first-order valence-corrected chi connectivity index (χ1v) is 6.54. The lowest BCUT2D eigenvalue weighted by Gasteiger charge is -2.05. The van der Waals surface area contributed by atoms with Gasteiger partial charge in [-0.1, -0.05) is 12.1 Å². The topological polar surface area (TPSA) is 52.0 Å². The first-order valence-electron chi connectivity index (χ1n) is 4.24. The van der Waals surface area contributed by atoms with E-state index in [9.17, 15) is 12.8 Å². The van der Waals surface area contributed by atoms with Crippen LogP contribution in [0.5, 0.6) is 0 Å². The third-order valence-corrected chi connectivity index (χ3v) is 3.22. The molecule has 2 aromatic rings. The van der Waals surface area contributed by atoms with Crippen molar-refractivity contribution < 1.29 is 12.8 Å². The fourth-order valence-corrected chi connectivity index (χ4v) is 2.21. The van der Waals surface area contributed by atoms with Crippen molar-refractivity contribution in [2.75, 3.05) is 0 Å². The minimum Gasteiger partial charge on any atom is -0.218 e. The number of para-hydroxylation sites is 1. The average Bonchev–Trinajstić information content (AvgIpc) is 2.66. The summed E-state index contributed by atoms with van der Waals surface area (Å²) >= 11 is 0. The van der Waals surface area contributed by atoms with Crippen LogP contribution < -0.4 is 0 Å². The second-order valence-corrected chi connectivity index (χ2v) is 5.48. The van der Waals surface area contributed by atoms with Crippen molar-refractivity contribution in [2.24, 2.45) is 0 Å². The summed E-state index contributed by atoms with van der Waals surface area (Å²) in [6.07, 6.45) is 1.24. The predicted octanol–water partition coefficient (Wildman–Crippen LogP) is 1.94. The van der Waals surface area contributed by atoms with Gasteiger partial charge in [-0.2, -0.15) is 5.10 Å². The number of hydrogen-bond acceptors (Lipinski definition) is 3. The molecular weight excluding hydrogens is 255 g/mol. The van der Waals surface area contributed by atoms with Gasteiger partial charge in [-0.25, -0.2) is 17.5 Å². The molecule has 0 atom stereocenters. The van der Waals surface area contributed by atoms with Crippen LogP contribution in [0.25, 0.3) is 5.69 Å². The normalized spacial score (nSPS) is 11.6. The molecule has 0 amide bonds. The van der Waals surface area contributed by atoms with Gasteiger partial charge in [0.1, 0.15) is 11.5 Å². The number of benzene rings is 1. The van der Waals surface area contributed by atoms with E-state index in [1.165, 1.54) is 30.5 Å². The van der Waals surface area contributed by atoms with Crippen LogP contribution in [0.4, 0.5) is 4.39 Å². The highest BCUT2D eigenvalue weighted by molar-refractivity contribution is 8.13. The van der Waals surface area contributed by atoms with Crippen molar-refractivity contribution in [3.63, 3.8) is 0 Å². The maximum atomic E-state index is 13.4. The molecule has 2 rings (SSSR count). The monoisotopic (exact) mass is 260 g/mol. The van der Waals surface area contributed by atoms with Crippen molar-refractivity contribution in [1.29, 1.82) is 0 Å². The Hall–Kier alpha value is -1.40. The number of halogens is 2. The molecule has 4 nitrogen and oxygen atoms in total. The van der Waals surface area contributed by atoms with Crippen LogP contribution in [-0.2, 0) is 9.05 Å². The summed E-state index contributed by atoms with van der Waals surface area (Å²) in [7, 11) is 1.25. The van der Waals surface area contributed by atoms with Crippen molar-refractivity contribution >= 4 is 19.7 Å². The highest BCUT2D eigenvalue weighted by Gasteiger charge is 2.18. The largest absolute Gasteiger partial charge is 0.278 e.